The summed E-state index contributed by atoms with van der Waals surface area (Å²) in [6, 6.07) is 6.04. The molecule has 1 atom stereocenters. The Bertz CT molecular complexity index is 581. The fraction of sp³-hybridized carbons (Fsp3) is 0.650. The molecular weight excluding hydrogens is 328 g/mol. The lowest BCUT2D eigenvalue weighted by Crippen LogP contribution is -2.42. The van der Waals surface area contributed by atoms with Gasteiger partial charge in [-0.15, -0.1) is 0 Å². The first-order chi connectivity index (χ1) is 12.5. The smallest absolute Gasteiger partial charge is 0.193 e. The van der Waals surface area contributed by atoms with Gasteiger partial charge in [-0.2, -0.15) is 0 Å². The van der Waals surface area contributed by atoms with Gasteiger partial charge in [-0.3, -0.25) is 9.89 Å². The SMILES string of the molecule is COc1ccc(NC(N)=NCC(C(C)C)N2CCCCCC2)cc1OC. The summed E-state index contributed by atoms with van der Waals surface area (Å²) in [5.41, 5.74) is 6.96. The zero-order chi connectivity index (χ0) is 18.9. The number of likely N-dealkylation sites (tertiary alicyclic amines) is 1. The monoisotopic (exact) mass is 362 g/mol. The topological polar surface area (TPSA) is 72.1 Å². The van der Waals surface area contributed by atoms with Gasteiger partial charge in [0.15, 0.2) is 17.5 Å². The Labute approximate surface area is 157 Å². The lowest BCUT2D eigenvalue weighted by atomic mass is 10.0. The van der Waals surface area contributed by atoms with Crippen molar-refractivity contribution in [2.24, 2.45) is 16.6 Å². The van der Waals surface area contributed by atoms with Gasteiger partial charge in [0.25, 0.3) is 0 Å². The van der Waals surface area contributed by atoms with Crippen molar-refractivity contribution >= 4 is 11.6 Å². The molecule has 0 spiro atoms. The standard InChI is InChI=1S/C20H34N4O2/c1-15(2)17(24-11-7-5-6-8-12-24)14-22-20(21)23-16-9-10-18(25-3)19(13-16)26-4/h9-10,13,15,17H,5-8,11-12,14H2,1-4H3,(H3,21,22,23). The lowest BCUT2D eigenvalue weighted by Gasteiger charge is -2.32. The van der Waals surface area contributed by atoms with Gasteiger partial charge in [0.2, 0.25) is 0 Å². The maximum Gasteiger partial charge on any atom is 0.193 e. The number of guanidine groups is 1. The van der Waals surface area contributed by atoms with Crippen LogP contribution in [0.5, 0.6) is 11.5 Å². The quantitative estimate of drug-likeness (QED) is 0.575. The lowest BCUT2D eigenvalue weighted by molar-refractivity contribution is 0.166. The molecule has 26 heavy (non-hydrogen) atoms. The van der Waals surface area contributed by atoms with Gasteiger partial charge in [0, 0.05) is 17.8 Å². The first-order valence-corrected chi connectivity index (χ1v) is 9.58. The van der Waals surface area contributed by atoms with Crippen molar-refractivity contribution in [3.05, 3.63) is 18.2 Å². The molecule has 0 radical (unpaired) electrons. The predicted octanol–water partition coefficient (Wildman–Crippen LogP) is 3.33. The van der Waals surface area contributed by atoms with Crippen molar-refractivity contribution in [3.8, 4) is 11.5 Å². The van der Waals surface area contributed by atoms with Gasteiger partial charge >= 0.3 is 0 Å². The largest absolute Gasteiger partial charge is 0.493 e. The molecule has 0 saturated carbocycles. The average Bonchev–Trinajstić information content (AvgIpc) is 2.90. The molecule has 2 rings (SSSR count). The van der Waals surface area contributed by atoms with Gasteiger partial charge in [0.05, 0.1) is 20.8 Å². The number of aliphatic imine (C=N–C) groups is 1. The minimum absolute atomic E-state index is 0.428. The van der Waals surface area contributed by atoms with Crippen LogP contribution < -0.4 is 20.5 Å². The Morgan fingerprint density at radius 3 is 2.35 bits per heavy atom. The van der Waals surface area contributed by atoms with Crippen LogP contribution in [-0.2, 0) is 0 Å². The van der Waals surface area contributed by atoms with Crippen LogP contribution in [0.25, 0.3) is 0 Å². The molecule has 0 bridgehead atoms. The summed E-state index contributed by atoms with van der Waals surface area (Å²) in [5.74, 6) is 2.33. The van der Waals surface area contributed by atoms with E-state index >= 15 is 0 Å². The molecule has 0 aromatic heterocycles. The molecule has 1 aromatic carbocycles. The molecule has 0 amide bonds. The molecule has 1 aliphatic rings. The Morgan fingerprint density at radius 2 is 1.77 bits per heavy atom. The maximum absolute atomic E-state index is 6.12. The molecule has 1 aromatic rings. The molecular formula is C20H34N4O2. The fourth-order valence-electron chi connectivity index (χ4n) is 3.47. The van der Waals surface area contributed by atoms with E-state index in [-0.39, 0.29) is 0 Å². The van der Waals surface area contributed by atoms with E-state index in [4.69, 9.17) is 15.2 Å². The predicted molar refractivity (Wildman–Crippen MR) is 108 cm³/mol. The Kier molecular flexibility index (Phi) is 8.04. The second kappa shape index (κ2) is 10.3. The van der Waals surface area contributed by atoms with Gasteiger partial charge in [-0.05, 0) is 44.0 Å². The van der Waals surface area contributed by atoms with E-state index in [0.29, 0.717) is 36.0 Å². The van der Waals surface area contributed by atoms with Gasteiger partial charge in [-0.1, -0.05) is 26.7 Å². The van der Waals surface area contributed by atoms with Gasteiger partial charge in [-0.25, -0.2) is 0 Å². The van der Waals surface area contributed by atoms with Crippen LogP contribution >= 0.6 is 0 Å². The number of nitrogens with one attached hydrogen (secondary N) is 1. The van der Waals surface area contributed by atoms with E-state index in [2.05, 4.69) is 29.1 Å². The number of nitrogens with two attached hydrogens (primary N) is 1. The third kappa shape index (κ3) is 5.80. The highest BCUT2D eigenvalue weighted by Crippen LogP contribution is 2.29. The van der Waals surface area contributed by atoms with Crippen LogP contribution in [0.3, 0.4) is 0 Å². The normalized spacial score (nSPS) is 17.7. The Balaban J connectivity index is 2.00. The van der Waals surface area contributed by atoms with Crippen LogP contribution in [0.4, 0.5) is 5.69 Å². The van der Waals surface area contributed by atoms with E-state index in [1.807, 2.05) is 18.2 Å². The average molecular weight is 363 g/mol. The van der Waals surface area contributed by atoms with Crippen LogP contribution in [0.2, 0.25) is 0 Å². The zero-order valence-electron chi connectivity index (χ0n) is 16.6. The Morgan fingerprint density at radius 1 is 1.12 bits per heavy atom. The van der Waals surface area contributed by atoms with Crippen LogP contribution in [0, 0.1) is 5.92 Å². The third-order valence-corrected chi connectivity index (χ3v) is 4.98. The fourth-order valence-corrected chi connectivity index (χ4v) is 3.47. The molecule has 1 saturated heterocycles. The zero-order valence-corrected chi connectivity index (χ0v) is 16.6. The van der Waals surface area contributed by atoms with Crippen molar-refractivity contribution in [1.82, 2.24) is 4.90 Å². The van der Waals surface area contributed by atoms with Crippen molar-refractivity contribution in [2.75, 3.05) is 39.2 Å². The summed E-state index contributed by atoms with van der Waals surface area (Å²) in [4.78, 5) is 7.20. The number of benzene rings is 1. The summed E-state index contributed by atoms with van der Waals surface area (Å²) < 4.78 is 10.6. The minimum atomic E-state index is 0.428. The number of hydrogen-bond donors (Lipinski definition) is 2. The van der Waals surface area contributed by atoms with Crippen LogP contribution in [0.15, 0.2) is 23.2 Å². The summed E-state index contributed by atoms with van der Waals surface area (Å²) >= 11 is 0. The van der Waals surface area contributed by atoms with E-state index in [0.717, 1.165) is 5.69 Å². The molecule has 6 heteroatoms. The summed E-state index contributed by atoms with van der Waals surface area (Å²) in [6.45, 7) is 7.58. The van der Waals surface area contributed by atoms with E-state index in [9.17, 15) is 0 Å². The van der Waals surface area contributed by atoms with Gasteiger partial charge < -0.3 is 20.5 Å². The molecule has 146 valence electrons. The van der Waals surface area contributed by atoms with Crippen LogP contribution in [0.1, 0.15) is 39.5 Å². The first kappa shape index (κ1) is 20.4. The number of ether oxygens (including phenoxy) is 2. The molecule has 1 heterocycles. The number of hydrogen-bond acceptors (Lipinski definition) is 4. The second-order valence-electron chi connectivity index (χ2n) is 7.18. The highest BCUT2D eigenvalue weighted by atomic mass is 16.5. The number of rotatable bonds is 7. The molecule has 3 N–H and O–H groups in total. The van der Waals surface area contributed by atoms with Gasteiger partial charge in [0.1, 0.15) is 0 Å². The highest BCUT2D eigenvalue weighted by Gasteiger charge is 2.22. The molecule has 1 aliphatic heterocycles. The maximum atomic E-state index is 6.12. The van der Waals surface area contributed by atoms with E-state index in [1.165, 1.54) is 38.8 Å². The van der Waals surface area contributed by atoms with Crippen LogP contribution in [-0.4, -0.2) is 50.8 Å². The number of anilines is 1. The summed E-state index contributed by atoms with van der Waals surface area (Å²) in [6.07, 6.45) is 5.25. The molecule has 0 aliphatic carbocycles. The highest BCUT2D eigenvalue weighted by molar-refractivity contribution is 5.92. The van der Waals surface area contributed by atoms with Crippen molar-refractivity contribution in [1.29, 1.82) is 0 Å². The second-order valence-corrected chi connectivity index (χ2v) is 7.18. The molecule has 1 unspecified atom stereocenters. The molecule has 1 fully saturated rings. The first-order valence-electron chi connectivity index (χ1n) is 9.58. The number of methoxy groups -OCH3 is 2. The van der Waals surface area contributed by atoms with Crippen molar-refractivity contribution in [3.63, 3.8) is 0 Å². The van der Waals surface area contributed by atoms with E-state index in [1.54, 1.807) is 14.2 Å². The number of nitrogens with zero attached hydrogens (tertiary/aromatic N) is 2. The minimum Gasteiger partial charge on any atom is -0.493 e. The third-order valence-electron chi connectivity index (χ3n) is 4.98. The summed E-state index contributed by atoms with van der Waals surface area (Å²) in [7, 11) is 3.24. The van der Waals surface area contributed by atoms with Crippen molar-refractivity contribution in [2.45, 2.75) is 45.6 Å². The Hall–Kier alpha value is -1.95. The molecule has 6 nitrogen and oxygen atoms in total. The van der Waals surface area contributed by atoms with Crippen molar-refractivity contribution < 1.29 is 9.47 Å². The van der Waals surface area contributed by atoms with E-state index < -0.39 is 0 Å². The summed E-state index contributed by atoms with van der Waals surface area (Å²) in [5, 5.41) is 3.15.